The molecule has 1 aromatic carbocycles. The summed E-state index contributed by atoms with van der Waals surface area (Å²) in [5.41, 5.74) is 0. The fraction of sp³-hybridized carbons (Fsp3) is 0.333. The summed E-state index contributed by atoms with van der Waals surface area (Å²) in [5, 5.41) is 0. The molecule has 0 saturated heterocycles. The van der Waals surface area contributed by atoms with Crippen molar-refractivity contribution in [3.8, 4) is 5.75 Å². The van der Waals surface area contributed by atoms with Gasteiger partial charge in [-0.3, -0.25) is 0 Å². The van der Waals surface area contributed by atoms with Gasteiger partial charge in [-0.25, -0.2) is 0 Å². The van der Waals surface area contributed by atoms with Crippen molar-refractivity contribution in [1.29, 1.82) is 0 Å². The minimum absolute atomic E-state index is 0.634. The highest BCUT2D eigenvalue weighted by molar-refractivity contribution is 5.20. The molecule has 2 nitrogen and oxygen atoms in total. The molecule has 0 N–H and O–H groups in total. The van der Waals surface area contributed by atoms with Crippen molar-refractivity contribution in [2.45, 2.75) is 13.3 Å². The van der Waals surface area contributed by atoms with E-state index < -0.39 is 0 Å². The maximum atomic E-state index is 4.95. The summed E-state index contributed by atoms with van der Waals surface area (Å²) in [4.78, 5) is 9.82. The smallest absolute Gasteiger partial charge is 0.165 e. The van der Waals surface area contributed by atoms with E-state index in [9.17, 15) is 0 Å². The molecule has 0 aliphatic carbocycles. The zero-order valence-electron chi connectivity index (χ0n) is 6.62. The van der Waals surface area contributed by atoms with Crippen LogP contribution in [-0.4, -0.2) is 6.61 Å². The summed E-state index contributed by atoms with van der Waals surface area (Å²) in [5.74, 6) is 0.751. The van der Waals surface area contributed by atoms with Gasteiger partial charge in [-0.05, 0) is 18.6 Å². The molecular formula is C9H12O2. The molecule has 0 atom stereocenters. The van der Waals surface area contributed by atoms with Crippen LogP contribution in [0.1, 0.15) is 13.3 Å². The van der Waals surface area contributed by atoms with Gasteiger partial charge in [0, 0.05) is 0 Å². The number of hydrogen-bond donors (Lipinski definition) is 0. The van der Waals surface area contributed by atoms with Crippen LogP contribution in [0.25, 0.3) is 0 Å². The largest absolute Gasteiger partial charge is 0.338 e. The number of rotatable bonds is 4. The van der Waals surface area contributed by atoms with E-state index in [4.69, 9.17) is 9.78 Å². The molecule has 0 spiro atoms. The predicted molar refractivity (Wildman–Crippen MR) is 43.3 cm³/mol. The average molecular weight is 152 g/mol. The maximum absolute atomic E-state index is 4.95. The van der Waals surface area contributed by atoms with Crippen LogP contribution in [-0.2, 0) is 4.89 Å². The van der Waals surface area contributed by atoms with Crippen LogP contribution < -0.4 is 4.89 Å². The Morgan fingerprint density at radius 1 is 1.18 bits per heavy atom. The zero-order valence-corrected chi connectivity index (χ0v) is 6.62. The van der Waals surface area contributed by atoms with Crippen LogP contribution in [0.5, 0.6) is 5.75 Å². The summed E-state index contributed by atoms with van der Waals surface area (Å²) in [6.45, 7) is 2.67. The van der Waals surface area contributed by atoms with Gasteiger partial charge in [-0.2, -0.15) is 4.89 Å². The van der Waals surface area contributed by atoms with E-state index >= 15 is 0 Å². The second-order valence-corrected chi connectivity index (χ2v) is 2.22. The lowest BCUT2D eigenvalue weighted by molar-refractivity contribution is -0.206. The molecule has 0 saturated carbocycles. The van der Waals surface area contributed by atoms with E-state index in [1.54, 1.807) is 0 Å². The lowest BCUT2D eigenvalue weighted by Crippen LogP contribution is -1.97. The SMILES string of the molecule is CCCOOc1ccccc1. The third-order valence-electron chi connectivity index (χ3n) is 1.19. The van der Waals surface area contributed by atoms with Crippen molar-refractivity contribution in [1.82, 2.24) is 0 Å². The van der Waals surface area contributed by atoms with Gasteiger partial charge >= 0.3 is 0 Å². The van der Waals surface area contributed by atoms with Gasteiger partial charge in [0.15, 0.2) is 5.75 Å². The Morgan fingerprint density at radius 3 is 2.55 bits per heavy atom. The molecule has 0 aliphatic rings. The maximum Gasteiger partial charge on any atom is 0.165 e. The molecule has 1 rings (SSSR count). The van der Waals surface area contributed by atoms with Crippen molar-refractivity contribution in [2.75, 3.05) is 6.61 Å². The topological polar surface area (TPSA) is 18.5 Å². The summed E-state index contributed by atoms with van der Waals surface area (Å²) in [6, 6.07) is 9.47. The molecule has 0 fully saturated rings. The third kappa shape index (κ3) is 3.05. The first-order valence-electron chi connectivity index (χ1n) is 3.78. The Hall–Kier alpha value is -1.02. The number of para-hydroxylation sites is 1. The van der Waals surface area contributed by atoms with Gasteiger partial charge in [0.25, 0.3) is 0 Å². The van der Waals surface area contributed by atoms with Gasteiger partial charge in [0.05, 0.1) is 6.61 Å². The minimum atomic E-state index is 0.634. The van der Waals surface area contributed by atoms with Crippen LogP contribution in [0.4, 0.5) is 0 Å². The molecule has 60 valence electrons. The van der Waals surface area contributed by atoms with Crippen molar-refractivity contribution in [3.63, 3.8) is 0 Å². The second-order valence-electron chi connectivity index (χ2n) is 2.22. The molecule has 0 amide bonds. The summed E-state index contributed by atoms with van der Waals surface area (Å²) in [6.07, 6.45) is 0.965. The molecule has 0 aliphatic heterocycles. The van der Waals surface area contributed by atoms with Gasteiger partial charge in [-0.15, -0.1) is 0 Å². The van der Waals surface area contributed by atoms with Crippen LogP contribution >= 0.6 is 0 Å². The van der Waals surface area contributed by atoms with Crippen LogP contribution in [0, 0.1) is 0 Å². The van der Waals surface area contributed by atoms with Crippen molar-refractivity contribution in [2.24, 2.45) is 0 Å². The molecule has 0 heterocycles. The number of hydrogen-bond acceptors (Lipinski definition) is 2. The number of benzene rings is 1. The molecule has 11 heavy (non-hydrogen) atoms. The van der Waals surface area contributed by atoms with Gasteiger partial charge in [0.1, 0.15) is 0 Å². The summed E-state index contributed by atoms with van der Waals surface area (Å²) >= 11 is 0. The molecule has 0 bridgehead atoms. The molecule has 0 aromatic heterocycles. The van der Waals surface area contributed by atoms with Crippen molar-refractivity contribution in [3.05, 3.63) is 30.3 Å². The predicted octanol–water partition coefficient (Wildman–Crippen LogP) is 2.41. The van der Waals surface area contributed by atoms with Gasteiger partial charge < -0.3 is 4.89 Å². The van der Waals surface area contributed by atoms with Gasteiger partial charge in [-0.1, -0.05) is 25.1 Å². The van der Waals surface area contributed by atoms with Crippen LogP contribution in [0.2, 0.25) is 0 Å². The van der Waals surface area contributed by atoms with Crippen molar-refractivity contribution < 1.29 is 9.78 Å². The third-order valence-corrected chi connectivity index (χ3v) is 1.19. The van der Waals surface area contributed by atoms with Crippen LogP contribution in [0.3, 0.4) is 0 Å². The summed E-state index contributed by atoms with van der Waals surface area (Å²) in [7, 11) is 0. The monoisotopic (exact) mass is 152 g/mol. The Labute approximate surface area is 66.7 Å². The van der Waals surface area contributed by atoms with Crippen LogP contribution in [0.15, 0.2) is 30.3 Å². The van der Waals surface area contributed by atoms with Gasteiger partial charge in [0.2, 0.25) is 0 Å². The highest BCUT2D eigenvalue weighted by atomic mass is 17.2. The highest BCUT2D eigenvalue weighted by Crippen LogP contribution is 2.08. The first-order valence-corrected chi connectivity index (χ1v) is 3.78. The van der Waals surface area contributed by atoms with Crippen molar-refractivity contribution >= 4 is 0 Å². The van der Waals surface area contributed by atoms with E-state index in [1.165, 1.54) is 0 Å². The van der Waals surface area contributed by atoms with E-state index in [1.807, 2.05) is 37.3 Å². The zero-order chi connectivity index (χ0) is 7.94. The van der Waals surface area contributed by atoms with E-state index in [2.05, 4.69) is 0 Å². The summed E-state index contributed by atoms with van der Waals surface area (Å²) < 4.78 is 0. The fourth-order valence-corrected chi connectivity index (χ4v) is 0.669. The Balaban J connectivity index is 2.28. The molecule has 0 unspecified atom stereocenters. The Kier molecular flexibility index (Phi) is 3.48. The van der Waals surface area contributed by atoms with E-state index in [0.717, 1.165) is 12.2 Å². The minimum Gasteiger partial charge on any atom is -0.338 e. The molecule has 2 heteroatoms. The first-order chi connectivity index (χ1) is 5.43. The Bertz CT molecular complexity index is 184. The van der Waals surface area contributed by atoms with E-state index in [-0.39, 0.29) is 0 Å². The molecule has 1 aromatic rings. The Morgan fingerprint density at radius 2 is 1.91 bits per heavy atom. The lowest BCUT2D eigenvalue weighted by Gasteiger charge is -2.01. The highest BCUT2D eigenvalue weighted by Gasteiger charge is 1.89. The lowest BCUT2D eigenvalue weighted by atomic mass is 10.3. The first kappa shape index (κ1) is 8.08. The molecule has 0 radical (unpaired) electrons. The quantitative estimate of drug-likeness (QED) is 0.374. The average Bonchev–Trinajstić information content (AvgIpc) is 2.07. The fourth-order valence-electron chi connectivity index (χ4n) is 0.669. The molecular weight excluding hydrogens is 140 g/mol. The second kappa shape index (κ2) is 4.74. The standard InChI is InChI=1S/C9H12O2/c1-2-8-10-11-9-6-4-3-5-7-9/h3-7H,2,8H2,1H3. The normalized spacial score (nSPS) is 9.55. The van der Waals surface area contributed by atoms with E-state index in [0.29, 0.717) is 6.61 Å².